The van der Waals surface area contributed by atoms with Gasteiger partial charge in [0.25, 0.3) is 0 Å². The van der Waals surface area contributed by atoms with E-state index in [-0.39, 0.29) is 11.9 Å². The summed E-state index contributed by atoms with van der Waals surface area (Å²) in [6, 6.07) is 6.43. The summed E-state index contributed by atoms with van der Waals surface area (Å²) in [5, 5.41) is 5.88. The minimum absolute atomic E-state index is 0.115. The molecule has 108 valence electrons. The van der Waals surface area contributed by atoms with Crippen molar-refractivity contribution < 1.29 is 9.59 Å². The smallest absolute Gasteiger partial charge is 0.315 e. The first-order chi connectivity index (χ1) is 9.63. The molecule has 1 atom stereocenters. The molecule has 2 N–H and O–H groups in total. The number of nitrogens with one attached hydrogen (secondary N) is 2. The molecule has 0 aliphatic carbocycles. The number of amides is 3. The van der Waals surface area contributed by atoms with Crippen molar-refractivity contribution in [1.29, 1.82) is 0 Å². The van der Waals surface area contributed by atoms with Gasteiger partial charge in [-0.1, -0.05) is 23.7 Å². The van der Waals surface area contributed by atoms with Crippen LogP contribution in [0.3, 0.4) is 0 Å². The number of para-hydroxylation sites is 1. The molecular weight excluding hydrogens is 278 g/mol. The number of rotatable bonds is 3. The summed E-state index contributed by atoms with van der Waals surface area (Å²) in [7, 11) is 0. The van der Waals surface area contributed by atoms with E-state index in [1.54, 1.807) is 11.0 Å². The van der Waals surface area contributed by atoms with Crippen molar-refractivity contribution >= 4 is 29.2 Å². The minimum Gasteiger partial charge on any atom is -0.338 e. The molecule has 1 aromatic rings. The van der Waals surface area contributed by atoms with Crippen molar-refractivity contribution in [2.45, 2.75) is 25.8 Å². The second-order valence-corrected chi connectivity index (χ2v) is 5.05. The van der Waals surface area contributed by atoms with Gasteiger partial charge in [0.1, 0.15) is 6.04 Å². The Morgan fingerprint density at radius 2 is 2.20 bits per heavy atom. The highest BCUT2D eigenvalue weighted by molar-refractivity contribution is 6.33. The molecule has 0 unspecified atom stereocenters. The van der Waals surface area contributed by atoms with Crippen molar-refractivity contribution in [3.05, 3.63) is 29.3 Å². The lowest BCUT2D eigenvalue weighted by atomic mass is 10.0. The number of piperidine rings is 1. The molecule has 20 heavy (non-hydrogen) atoms. The fourth-order valence-electron chi connectivity index (χ4n) is 2.29. The van der Waals surface area contributed by atoms with Gasteiger partial charge in [0.05, 0.1) is 10.7 Å². The maximum absolute atomic E-state index is 12.4. The highest BCUT2D eigenvalue weighted by atomic mass is 35.5. The molecule has 3 amide bonds. The van der Waals surface area contributed by atoms with Crippen LogP contribution in [0.4, 0.5) is 10.5 Å². The molecule has 1 aliphatic heterocycles. The first-order valence-electron chi connectivity index (χ1n) is 6.73. The van der Waals surface area contributed by atoms with Crippen LogP contribution in [0.1, 0.15) is 19.8 Å². The van der Waals surface area contributed by atoms with Crippen molar-refractivity contribution in [2.24, 2.45) is 0 Å². The highest BCUT2D eigenvalue weighted by Crippen LogP contribution is 2.28. The third kappa shape index (κ3) is 3.22. The van der Waals surface area contributed by atoms with Crippen molar-refractivity contribution in [1.82, 2.24) is 10.6 Å². The van der Waals surface area contributed by atoms with E-state index in [0.29, 0.717) is 30.2 Å². The zero-order valence-corrected chi connectivity index (χ0v) is 12.1. The predicted octanol–water partition coefficient (Wildman–Crippen LogP) is 2.15. The predicted molar refractivity (Wildman–Crippen MR) is 79.0 cm³/mol. The van der Waals surface area contributed by atoms with Crippen LogP contribution in [0.5, 0.6) is 0 Å². The Kier molecular flexibility index (Phi) is 4.84. The molecule has 0 spiro atoms. The Labute approximate surface area is 123 Å². The molecule has 1 heterocycles. The Morgan fingerprint density at radius 1 is 1.45 bits per heavy atom. The summed E-state index contributed by atoms with van der Waals surface area (Å²) in [6.07, 6.45) is 1.48. The van der Waals surface area contributed by atoms with E-state index in [2.05, 4.69) is 10.6 Å². The average Bonchev–Trinajstić information content (AvgIpc) is 2.42. The number of hydrogen-bond donors (Lipinski definition) is 2. The lowest BCUT2D eigenvalue weighted by molar-refractivity contribution is -0.121. The third-order valence-electron chi connectivity index (χ3n) is 3.22. The second-order valence-electron chi connectivity index (χ2n) is 4.64. The molecule has 0 radical (unpaired) electrons. The third-order valence-corrected chi connectivity index (χ3v) is 3.54. The normalized spacial score (nSPS) is 18.8. The van der Waals surface area contributed by atoms with Gasteiger partial charge in [-0.25, -0.2) is 4.79 Å². The van der Waals surface area contributed by atoms with Gasteiger partial charge in [-0.2, -0.15) is 0 Å². The number of halogens is 1. The fraction of sp³-hybridized carbons (Fsp3) is 0.429. The van der Waals surface area contributed by atoms with Gasteiger partial charge in [-0.15, -0.1) is 0 Å². The van der Waals surface area contributed by atoms with Crippen LogP contribution in [0.15, 0.2) is 24.3 Å². The van der Waals surface area contributed by atoms with E-state index in [0.717, 1.165) is 6.42 Å². The first-order valence-corrected chi connectivity index (χ1v) is 7.11. The molecule has 5 nitrogen and oxygen atoms in total. The minimum atomic E-state index is -0.494. The molecule has 0 saturated carbocycles. The standard InChI is InChI=1S/C14H18ClN3O2/c1-2-16-14(20)17-11-7-5-9-18(13(11)19)12-8-4-3-6-10(12)15/h3-4,6,8,11H,2,5,7,9H2,1H3,(H2,16,17,20)/t11-/m1/s1. The van der Waals surface area contributed by atoms with Crippen LogP contribution in [0, 0.1) is 0 Å². The van der Waals surface area contributed by atoms with Gasteiger partial charge < -0.3 is 15.5 Å². The van der Waals surface area contributed by atoms with Crippen LogP contribution in [-0.2, 0) is 4.79 Å². The molecule has 6 heteroatoms. The van der Waals surface area contributed by atoms with Gasteiger partial charge in [0.15, 0.2) is 0 Å². The molecule has 0 aromatic heterocycles. The van der Waals surface area contributed by atoms with Gasteiger partial charge >= 0.3 is 6.03 Å². The van der Waals surface area contributed by atoms with Crippen LogP contribution in [-0.4, -0.2) is 31.1 Å². The van der Waals surface area contributed by atoms with Crippen molar-refractivity contribution in [3.63, 3.8) is 0 Å². The van der Waals surface area contributed by atoms with Crippen LogP contribution in [0.2, 0.25) is 5.02 Å². The Balaban J connectivity index is 2.11. The highest BCUT2D eigenvalue weighted by Gasteiger charge is 2.31. The van der Waals surface area contributed by atoms with E-state index in [9.17, 15) is 9.59 Å². The molecule has 1 saturated heterocycles. The van der Waals surface area contributed by atoms with Crippen LogP contribution >= 0.6 is 11.6 Å². The lowest BCUT2D eigenvalue weighted by Crippen LogP contribution is -2.54. The fourth-order valence-corrected chi connectivity index (χ4v) is 2.53. The van der Waals surface area contributed by atoms with Crippen molar-refractivity contribution in [2.75, 3.05) is 18.0 Å². The summed E-state index contributed by atoms with van der Waals surface area (Å²) in [5.74, 6) is -0.115. The SMILES string of the molecule is CCNC(=O)N[C@@H]1CCCN(c2ccccc2Cl)C1=O. The second kappa shape index (κ2) is 6.61. The van der Waals surface area contributed by atoms with E-state index in [1.165, 1.54) is 0 Å². The Morgan fingerprint density at radius 3 is 2.90 bits per heavy atom. The molecule has 0 bridgehead atoms. The molecule has 2 rings (SSSR count). The monoisotopic (exact) mass is 295 g/mol. The summed E-state index contributed by atoms with van der Waals surface area (Å²) >= 11 is 6.13. The van der Waals surface area contributed by atoms with Crippen LogP contribution in [0.25, 0.3) is 0 Å². The molecule has 1 aliphatic rings. The zero-order valence-electron chi connectivity index (χ0n) is 11.4. The molecule has 1 fully saturated rings. The molecule has 1 aromatic carbocycles. The molecular formula is C14H18ClN3O2. The number of hydrogen-bond acceptors (Lipinski definition) is 2. The Hall–Kier alpha value is -1.75. The summed E-state index contributed by atoms with van der Waals surface area (Å²) in [6.45, 7) is 2.98. The average molecular weight is 296 g/mol. The quantitative estimate of drug-likeness (QED) is 0.897. The van der Waals surface area contributed by atoms with E-state index in [1.807, 2.05) is 25.1 Å². The number of benzene rings is 1. The number of carbonyl (C=O) groups is 2. The number of carbonyl (C=O) groups excluding carboxylic acids is 2. The van der Waals surface area contributed by atoms with Crippen molar-refractivity contribution in [3.8, 4) is 0 Å². The number of nitrogens with zero attached hydrogens (tertiary/aromatic N) is 1. The first kappa shape index (κ1) is 14.7. The summed E-state index contributed by atoms with van der Waals surface area (Å²) in [5.41, 5.74) is 0.696. The van der Waals surface area contributed by atoms with E-state index >= 15 is 0 Å². The lowest BCUT2D eigenvalue weighted by Gasteiger charge is -2.33. The van der Waals surface area contributed by atoms with Gasteiger partial charge in [-0.05, 0) is 31.9 Å². The topological polar surface area (TPSA) is 61.4 Å². The van der Waals surface area contributed by atoms with E-state index in [4.69, 9.17) is 11.6 Å². The Bertz CT molecular complexity index is 507. The summed E-state index contributed by atoms with van der Waals surface area (Å²) < 4.78 is 0. The number of urea groups is 1. The van der Waals surface area contributed by atoms with E-state index < -0.39 is 6.04 Å². The van der Waals surface area contributed by atoms with Gasteiger partial charge in [0, 0.05) is 13.1 Å². The largest absolute Gasteiger partial charge is 0.338 e. The zero-order chi connectivity index (χ0) is 14.5. The number of anilines is 1. The van der Waals surface area contributed by atoms with Gasteiger partial charge in [-0.3, -0.25) is 4.79 Å². The van der Waals surface area contributed by atoms with Gasteiger partial charge in [0.2, 0.25) is 5.91 Å². The van der Waals surface area contributed by atoms with Crippen LogP contribution < -0.4 is 15.5 Å². The summed E-state index contributed by atoms with van der Waals surface area (Å²) in [4.78, 5) is 25.6. The maximum atomic E-state index is 12.4. The maximum Gasteiger partial charge on any atom is 0.315 e.